The maximum Gasteiger partial charge on any atom is 0.275 e. The normalized spacial score (nSPS) is 19.5. The van der Waals surface area contributed by atoms with Crippen molar-refractivity contribution in [3.05, 3.63) is 47.2 Å². The highest BCUT2D eigenvalue weighted by Crippen LogP contribution is 2.28. The average molecular weight is 381 g/mol. The molecule has 148 valence electrons. The number of ketones is 1. The summed E-state index contributed by atoms with van der Waals surface area (Å²) >= 11 is 0. The first-order valence-corrected chi connectivity index (χ1v) is 10.2. The highest BCUT2D eigenvalue weighted by Gasteiger charge is 2.32. The maximum atomic E-state index is 13.4. The Morgan fingerprint density at radius 2 is 1.93 bits per heavy atom. The van der Waals surface area contributed by atoms with Crippen molar-refractivity contribution in [2.24, 2.45) is 0 Å². The minimum Gasteiger partial charge on any atom is -0.478 e. The number of aromatic nitrogens is 2. The van der Waals surface area contributed by atoms with Gasteiger partial charge in [-0.3, -0.25) is 9.59 Å². The molecule has 28 heavy (non-hydrogen) atoms. The zero-order chi connectivity index (χ0) is 19.5. The Kier molecular flexibility index (Phi) is 5.46. The molecule has 2 aliphatic rings. The van der Waals surface area contributed by atoms with Crippen LogP contribution >= 0.6 is 0 Å². The van der Waals surface area contributed by atoms with E-state index in [0.29, 0.717) is 36.7 Å². The molecular formula is C22H27N3O3. The summed E-state index contributed by atoms with van der Waals surface area (Å²) in [7, 11) is 0. The van der Waals surface area contributed by atoms with Gasteiger partial charge < -0.3 is 9.64 Å². The van der Waals surface area contributed by atoms with Crippen LogP contribution in [-0.2, 0) is 6.54 Å². The van der Waals surface area contributed by atoms with Gasteiger partial charge >= 0.3 is 0 Å². The lowest BCUT2D eigenvalue weighted by Gasteiger charge is -2.29. The first-order valence-electron chi connectivity index (χ1n) is 10.2. The van der Waals surface area contributed by atoms with Crippen LogP contribution in [0.3, 0.4) is 0 Å². The highest BCUT2D eigenvalue weighted by molar-refractivity contribution is 5.98. The van der Waals surface area contributed by atoms with Crippen LogP contribution in [0.4, 0.5) is 0 Å². The third kappa shape index (κ3) is 3.68. The SMILES string of the molecule is Cc1c(C(=O)N2CCCCC[C@H]2CC(=O)c2ccccc2)nn2c1OCCC2. The Bertz CT molecular complexity index is 859. The number of rotatable bonds is 4. The van der Waals surface area contributed by atoms with Gasteiger partial charge in [0.15, 0.2) is 11.5 Å². The number of likely N-dealkylation sites (tertiary alicyclic amines) is 1. The molecule has 0 unspecified atom stereocenters. The van der Waals surface area contributed by atoms with Gasteiger partial charge in [-0.05, 0) is 19.8 Å². The summed E-state index contributed by atoms with van der Waals surface area (Å²) in [6.45, 7) is 4.02. The fraction of sp³-hybridized carbons (Fsp3) is 0.500. The van der Waals surface area contributed by atoms with Crippen molar-refractivity contribution in [3.63, 3.8) is 0 Å². The molecule has 0 aliphatic carbocycles. The quantitative estimate of drug-likeness (QED) is 0.759. The molecule has 4 rings (SSSR count). The second kappa shape index (κ2) is 8.17. The molecule has 0 radical (unpaired) electrons. The molecule has 1 amide bonds. The molecule has 0 N–H and O–H groups in total. The number of fused-ring (bicyclic) bond motifs is 1. The van der Waals surface area contributed by atoms with Crippen LogP contribution in [0.1, 0.15) is 64.9 Å². The number of Topliss-reactive ketones (excluding diaryl/α,β-unsaturated/α-hetero) is 1. The number of ether oxygens (including phenoxy) is 1. The van der Waals surface area contributed by atoms with Gasteiger partial charge in [0.05, 0.1) is 6.61 Å². The standard InChI is InChI=1S/C22H27N3O3/c1-16-20(23-25-13-8-14-28-22(16)25)21(27)24-12-7-3-6-11-18(24)15-19(26)17-9-4-2-5-10-17/h2,4-5,9-10,18H,3,6-8,11-15H2,1H3/t18-/m0/s1. The number of benzene rings is 1. The first kappa shape index (κ1) is 18.7. The third-order valence-electron chi connectivity index (χ3n) is 5.74. The van der Waals surface area contributed by atoms with Gasteiger partial charge in [-0.25, -0.2) is 4.68 Å². The highest BCUT2D eigenvalue weighted by atomic mass is 16.5. The zero-order valence-electron chi connectivity index (χ0n) is 16.4. The van der Waals surface area contributed by atoms with Gasteiger partial charge in [-0.15, -0.1) is 0 Å². The smallest absolute Gasteiger partial charge is 0.275 e. The molecule has 6 heteroatoms. The van der Waals surface area contributed by atoms with Crippen molar-refractivity contribution in [2.75, 3.05) is 13.2 Å². The van der Waals surface area contributed by atoms with Crippen LogP contribution < -0.4 is 4.74 Å². The van der Waals surface area contributed by atoms with E-state index in [2.05, 4.69) is 5.10 Å². The molecule has 1 fully saturated rings. The predicted octanol–water partition coefficient (Wildman–Crippen LogP) is 3.63. The predicted molar refractivity (Wildman–Crippen MR) is 106 cm³/mol. The minimum atomic E-state index is -0.0817. The second-order valence-corrected chi connectivity index (χ2v) is 7.70. The van der Waals surface area contributed by atoms with Crippen molar-refractivity contribution in [1.29, 1.82) is 0 Å². The van der Waals surface area contributed by atoms with E-state index < -0.39 is 0 Å². The van der Waals surface area contributed by atoms with E-state index in [0.717, 1.165) is 44.2 Å². The van der Waals surface area contributed by atoms with Crippen LogP contribution in [0.15, 0.2) is 30.3 Å². The number of aryl methyl sites for hydroxylation is 1. The lowest BCUT2D eigenvalue weighted by atomic mass is 9.99. The summed E-state index contributed by atoms with van der Waals surface area (Å²) < 4.78 is 7.52. The van der Waals surface area contributed by atoms with E-state index in [1.165, 1.54) is 0 Å². The van der Waals surface area contributed by atoms with Gasteiger partial charge in [-0.1, -0.05) is 43.2 Å². The molecule has 0 saturated carbocycles. The Morgan fingerprint density at radius 3 is 2.71 bits per heavy atom. The molecule has 2 aromatic rings. The van der Waals surface area contributed by atoms with Crippen LogP contribution in [0.5, 0.6) is 5.88 Å². The largest absolute Gasteiger partial charge is 0.478 e. The Balaban J connectivity index is 1.57. The monoisotopic (exact) mass is 381 g/mol. The fourth-order valence-electron chi connectivity index (χ4n) is 4.21. The Labute approximate surface area is 165 Å². The third-order valence-corrected chi connectivity index (χ3v) is 5.74. The number of hydrogen-bond acceptors (Lipinski definition) is 4. The zero-order valence-corrected chi connectivity index (χ0v) is 16.4. The summed E-state index contributed by atoms with van der Waals surface area (Å²) in [5, 5.41) is 4.54. The topological polar surface area (TPSA) is 64.4 Å². The molecule has 2 aliphatic heterocycles. The van der Waals surface area contributed by atoms with Crippen molar-refractivity contribution >= 4 is 11.7 Å². The van der Waals surface area contributed by atoms with Gasteiger partial charge in [-0.2, -0.15) is 5.10 Å². The molecule has 0 bridgehead atoms. The van der Waals surface area contributed by atoms with Gasteiger partial charge in [0, 0.05) is 43.1 Å². The Morgan fingerprint density at radius 1 is 1.11 bits per heavy atom. The molecule has 1 saturated heterocycles. The van der Waals surface area contributed by atoms with E-state index in [1.807, 2.05) is 42.2 Å². The van der Waals surface area contributed by atoms with Gasteiger partial charge in [0.1, 0.15) is 0 Å². The number of carbonyl (C=O) groups excluding carboxylic acids is 2. The van der Waals surface area contributed by atoms with E-state index in [1.54, 1.807) is 4.68 Å². The molecule has 6 nitrogen and oxygen atoms in total. The summed E-state index contributed by atoms with van der Waals surface area (Å²) in [6, 6.07) is 9.27. The summed E-state index contributed by atoms with van der Waals surface area (Å²) in [5.41, 5.74) is 1.99. The number of carbonyl (C=O) groups is 2. The summed E-state index contributed by atoms with van der Waals surface area (Å²) in [6.07, 6.45) is 5.21. The lowest BCUT2D eigenvalue weighted by molar-refractivity contribution is 0.0652. The number of nitrogens with zero attached hydrogens (tertiary/aromatic N) is 3. The van der Waals surface area contributed by atoms with E-state index >= 15 is 0 Å². The molecule has 0 spiro atoms. The van der Waals surface area contributed by atoms with Crippen LogP contribution in [-0.4, -0.2) is 45.6 Å². The Hall–Kier alpha value is -2.63. The molecule has 1 atom stereocenters. The van der Waals surface area contributed by atoms with Crippen molar-refractivity contribution < 1.29 is 14.3 Å². The van der Waals surface area contributed by atoms with Gasteiger partial charge in [0.25, 0.3) is 5.91 Å². The molecule has 1 aromatic heterocycles. The molecule has 3 heterocycles. The van der Waals surface area contributed by atoms with Crippen molar-refractivity contribution in [2.45, 2.75) is 58.0 Å². The van der Waals surface area contributed by atoms with E-state index in [9.17, 15) is 9.59 Å². The second-order valence-electron chi connectivity index (χ2n) is 7.70. The average Bonchev–Trinajstić information content (AvgIpc) is 2.90. The number of hydrogen-bond donors (Lipinski definition) is 0. The van der Waals surface area contributed by atoms with E-state index in [-0.39, 0.29) is 17.7 Å². The molecule has 1 aromatic carbocycles. The van der Waals surface area contributed by atoms with Crippen molar-refractivity contribution in [3.8, 4) is 5.88 Å². The van der Waals surface area contributed by atoms with Crippen LogP contribution in [0.2, 0.25) is 0 Å². The number of amides is 1. The maximum absolute atomic E-state index is 13.4. The summed E-state index contributed by atoms with van der Waals surface area (Å²) in [4.78, 5) is 28.1. The summed E-state index contributed by atoms with van der Waals surface area (Å²) in [5.74, 6) is 0.728. The van der Waals surface area contributed by atoms with Crippen LogP contribution in [0, 0.1) is 6.92 Å². The minimum absolute atomic E-state index is 0.0734. The van der Waals surface area contributed by atoms with E-state index in [4.69, 9.17) is 4.74 Å². The van der Waals surface area contributed by atoms with Crippen molar-refractivity contribution in [1.82, 2.24) is 14.7 Å². The van der Waals surface area contributed by atoms with Crippen LogP contribution in [0.25, 0.3) is 0 Å². The lowest BCUT2D eigenvalue weighted by Crippen LogP contribution is -2.41. The van der Waals surface area contributed by atoms with Gasteiger partial charge in [0.2, 0.25) is 5.88 Å². The molecular weight excluding hydrogens is 354 g/mol. The first-order chi connectivity index (χ1) is 13.6. The fourth-order valence-corrected chi connectivity index (χ4v) is 4.21.